The Morgan fingerprint density at radius 3 is 2.64 bits per heavy atom. The van der Waals surface area contributed by atoms with E-state index in [1.807, 2.05) is 36.1 Å². The van der Waals surface area contributed by atoms with Crippen LogP contribution in [-0.2, 0) is 6.42 Å². The number of hydrogen-bond donors (Lipinski definition) is 0. The maximum absolute atomic E-state index is 13.1. The zero-order chi connectivity index (χ0) is 19.8. The number of hydrogen-bond acceptors (Lipinski definition) is 4. The molecule has 1 aliphatic heterocycles. The number of likely N-dealkylation sites (N-methyl/N-ethyl adjacent to an activating group) is 1. The second-order valence-corrected chi connectivity index (χ2v) is 7.71. The maximum Gasteiger partial charge on any atom is 0.257 e. The lowest BCUT2D eigenvalue weighted by molar-refractivity contribution is 0.0662. The van der Waals surface area contributed by atoms with E-state index in [2.05, 4.69) is 23.9 Å². The van der Waals surface area contributed by atoms with Gasteiger partial charge in [0.05, 0.1) is 17.0 Å². The average Bonchev–Trinajstić information content (AvgIpc) is 3.08. The number of benzene rings is 1. The standard InChI is InChI=1S/C21H24ClN5O/c1-4-18-19(15-6-5-7-16(22)12-15)20-23-13-17(14(2)27(20)24-18)21(28)26-10-8-25(3)9-11-26/h5-7,12-13H,4,8-11H2,1-3H3. The van der Waals surface area contributed by atoms with Crippen LogP contribution < -0.4 is 0 Å². The van der Waals surface area contributed by atoms with Crippen molar-refractivity contribution >= 4 is 23.2 Å². The van der Waals surface area contributed by atoms with E-state index in [0.717, 1.165) is 60.8 Å². The summed E-state index contributed by atoms with van der Waals surface area (Å²) in [6.07, 6.45) is 2.47. The van der Waals surface area contributed by atoms with Gasteiger partial charge in [-0.25, -0.2) is 9.50 Å². The SMILES string of the molecule is CCc1nn2c(C)c(C(=O)N3CCN(C)CC3)cnc2c1-c1cccc(Cl)c1. The van der Waals surface area contributed by atoms with Crippen molar-refractivity contribution < 1.29 is 4.79 Å². The number of fused-ring (bicyclic) bond motifs is 1. The molecule has 4 rings (SSSR count). The molecule has 0 spiro atoms. The molecule has 0 bridgehead atoms. The Labute approximate surface area is 169 Å². The molecular formula is C21H24ClN5O. The van der Waals surface area contributed by atoms with Gasteiger partial charge >= 0.3 is 0 Å². The van der Waals surface area contributed by atoms with Gasteiger partial charge in [-0.2, -0.15) is 5.10 Å². The van der Waals surface area contributed by atoms with E-state index < -0.39 is 0 Å². The Balaban J connectivity index is 1.79. The van der Waals surface area contributed by atoms with E-state index in [1.165, 1.54) is 0 Å². The number of aryl methyl sites for hydroxylation is 2. The lowest BCUT2D eigenvalue weighted by atomic mass is 10.0. The Hall–Kier alpha value is -2.44. The molecule has 7 heteroatoms. The highest BCUT2D eigenvalue weighted by Gasteiger charge is 2.25. The molecule has 2 aromatic heterocycles. The van der Waals surface area contributed by atoms with Gasteiger partial charge in [0, 0.05) is 43.0 Å². The summed E-state index contributed by atoms with van der Waals surface area (Å²) >= 11 is 6.20. The normalized spacial score (nSPS) is 15.4. The summed E-state index contributed by atoms with van der Waals surface area (Å²) < 4.78 is 1.80. The van der Waals surface area contributed by atoms with Crippen LogP contribution >= 0.6 is 11.6 Å². The molecule has 146 valence electrons. The van der Waals surface area contributed by atoms with Gasteiger partial charge in [-0.05, 0) is 38.1 Å². The third-order valence-corrected chi connectivity index (χ3v) is 5.66. The summed E-state index contributed by atoms with van der Waals surface area (Å²) in [6.45, 7) is 7.26. The van der Waals surface area contributed by atoms with Crippen LogP contribution in [0.4, 0.5) is 0 Å². The Morgan fingerprint density at radius 1 is 1.21 bits per heavy atom. The highest BCUT2D eigenvalue weighted by molar-refractivity contribution is 6.30. The first-order valence-corrected chi connectivity index (χ1v) is 9.98. The van der Waals surface area contributed by atoms with Crippen LogP contribution in [0.3, 0.4) is 0 Å². The fourth-order valence-electron chi connectivity index (χ4n) is 3.72. The van der Waals surface area contributed by atoms with Gasteiger partial charge in [0.25, 0.3) is 5.91 Å². The fraction of sp³-hybridized carbons (Fsp3) is 0.381. The van der Waals surface area contributed by atoms with Crippen LogP contribution in [0.1, 0.15) is 28.7 Å². The number of halogens is 1. The first-order chi connectivity index (χ1) is 13.5. The van der Waals surface area contributed by atoms with E-state index in [1.54, 1.807) is 10.7 Å². The van der Waals surface area contributed by atoms with Crippen molar-refractivity contribution in [2.45, 2.75) is 20.3 Å². The molecule has 0 atom stereocenters. The minimum absolute atomic E-state index is 0.0258. The number of rotatable bonds is 3. The molecule has 0 N–H and O–H groups in total. The van der Waals surface area contributed by atoms with Crippen molar-refractivity contribution in [2.75, 3.05) is 33.2 Å². The summed E-state index contributed by atoms with van der Waals surface area (Å²) in [5.74, 6) is 0.0258. The third kappa shape index (κ3) is 3.27. The summed E-state index contributed by atoms with van der Waals surface area (Å²) in [5, 5.41) is 5.45. The summed E-state index contributed by atoms with van der Waals surface area (Å²) in [5.41, 5.74) is 5.10. The topological polar surface area (TPSA) is 53.7 Å². The molecule has 0 aliphatic carbocycles. The number of carbonyl (C=O) groups excluding carboxylic acids is 1. The average molecular weight is 398 g/mol. The van der Waals surface area contributed by atoms with Crippen LogP contribution in [0.5, 0.6) is 0 Å². The molecule has 1 saturated heterocycles. The van der Waals surface area contributed by atoms with Gasteiger partial charge < -0.3 is 9.80 Å². The monoisotopic (exact) mass is 397 g/mol. The van der Waals surface area contributed by atoms with Crippen molar-refractivity contribution in [2.24, 2.45) is 0 Å². The van der Waals surface area contributed by atoms with Gasteiger partial charge in [0.2, 0.25) is 0 Å². The van der Waals surface area contributed by atoms with Gasteiger partial charge in [-0.15, -0.1) is 0 Å². The van der Waals surface area contributed by atoms with Crippen LogP contribution in [-0.4, -0.2) is 63.5 Å². The van der Waals surface area contributed by atoms with Crippen molar-refractivity contribution in [3.63, 3.8) is 0 Å². The largest absolute Gasteiger partial charge is 0.336 e. The summed E-state index contributed by atoms with van der Waals surface area (Å²) in [4.78, 5) is 21.8. The number of amides is 1. The summed E-state index contributed by atoms with van der Waals surface area (Å²) in [7, 11) is 2.08. The van der Waals surface area contributed by atoms with Gasteiger partial charge in [-0.3, -0.25) is 4.79 Å². The van der Waals surface area contributed by atoms with Crippen LogP contribution in [0.25, 0.3) is 16.8 Å². The zero-order valence-electron chi connectivity index (χ0n) is 16.4. The summed E-state index contributed by atoms with van der Waals surface area (Å²) in [6, 6.07) is 7.73. The lowest BCUT2D eigenvalue weighted by Crippen LogP contribution is -2.47. The Kier molecular flexibility index (Phi) is 5.08. The van der Waals surface area contributed by atoms with Crippen LogP contribution in [0.2, 0.25) is 5.02 Å². The molecule has 1 amide bonds. The van der Waals surface area contributed by atoms with Crippen molar-refractivity contribution in [3.8, 4) is 11.1 Å². The van der Waals surface area contributed by atoms with Crippen molar-refractivity contribution in [1.29, 1.82) is 0 Å². The molecule has 1 fully saturated rings. The van der Waals surface area contributed by atoms with Crippen molar-refractivity contribution in [1.82, 2.24) is 24.4 Å². The van der Waals surface area contributed by atoms with E-state index in [4.69, 9.17) is 16.7 Å². The minimum Gasteiger partial charge on any atom is -0.336 e. The van der Waals surface area contributed by atoms with Gasteiger partial charge in [0.1, 0.15) is 0 Å². The maximum atomic E-state index is 13.1. The second kappa shape index (κ2) is 7.53. The number of nitrogens with zero attached hydrogens (tertiary/aromatic N) is 5. The Bertz CT molecular complexity index is 1040. The molecule has 3 aromatic rings. The molecule has 6 nitrogen and oxygen atoms in total. The van der Waals surface area contributed by atoms with Crippen LogP contribution in [0.15, 0.2) is 30.5 Å². The van der Waals surface area contributed by atoms with E-state index in [0.29, 0.717) is 10.6 Å². The first-order valence-electron chi connectivity index (χ1n) is 9.60. The van der Waals surface area contributed by atoms with Crippen LogP contribution in [0, 0.1) is 6.92 Å². The fourth-order valence-corrected chi connectivity index (χ4v) is 3.91. The second-order valence-electron chi connectivity index (χ2n) is 7.27. The van der Waals surface area contributed by atoms with E-state index in [9.17, 15) is 4.79 Å². The minimum atomic E-state index is 0.0258. The number of aromatic nitrogens is 3. The quantitative estimate of drug-likeness (QED) is 0.680. The number of piperazine rings is 1. The van der Waals surface area contributed by atoms with Crippen molar-refractivity contribution in [3.05, 3.63) is 52.4 Å². The molecular weight excluding hydrogens is 374 g/mol. The molecule has 1 aromatic carbocycles. The lowest BCUT2D eigenvalue weighted by Gasteiger charge is -2.32. The Morgan fingerprint density at radius 2 is 1.96 bits per heavy atom. The molecule has 1 aliphatic rings. The molecule has 0 radical (unpaired) electrons. The molecule has 0 saturated carbocycles. The molecule has 28 heavy (non-hydrogen) atoms. The molecule has 0 unspecified atom stereocenters. The molecule has 3 heterocycles. The number of carbonyl (C=O) groups is 1. The smallest absolute Gasteiger partial charge is 0.257 e. The van der Waals surface area contributed by atoms with Gasteiger partial charge in [0.15, 0.2) is 5.65 Å². The predicted octanol–water partition coefficient (Wildman–Crippen LogP) is 3.31. The van der Waals surface area contributed by atoms with E-state index >= 15 is 0 Å². The first kappa shape index (κ1) is 18.9. The highest BCUT2D eigenvalue weighted by Crippen LogP contribution is 2.30. The highest BCUT2D eigenvalue weighted by atomic mass is 35.5. The third-order valence-electron chi connectivity index (χ3n) is 5.43. The van der Waals surface area contributed by atoms with E-state index in [-0.39, 0.29) is 5.91 Å². The van der Waals surface area contributed by atoms with Gasteiger partial charge in [-0.1, -0.05) is 30.7 Å². The zero-order valence-corrected chi connectivity index (χ0v) is 17.2. The predicted molar refractivity (Wildman–Crippen MR) is 111 cm³/mol.